The van der Waals surface area contributed by atoms with Crippen LogP contribution in [0.15, 0.2) is 218 Å². The molecule has 9 aromatic carbocycles. The van der Waals surface area contributed by atoms with Gasteiger partial charge < -0.3 is 18.3 Å². The standard InChI is InChI=1S/C56H36N4O2P2/c57-37-39-33-55(59-51-27-15-13-25-47(51)49-35-45(29-31-53(49)59)63(61,41-17-5-1-6-18-41)42-19-7-2-8-20-42)56(34-40(39)38-58)60-52-28-16-14-26-48(52)50-36-46(30-32-54(50)60)64(62,43-21-9-3-10-22-43)44-23-11-4-12-24-44/h1-36H. The van der Waals surface area contributed by atoms with E-state index in [2.05, 4.69) is 57.7 Å². The number of hydrogen-bond donors (Lipinski definition) is 0. The Morgan fingerprint density at radius 3 is 0.938 bits per heavy atom. The van der Waals surface area contributed by atoms with E-state index in [9.17, 15) is 10.5 Å². The van der Waals surface area contributed by atoms with E-state index in [1.54, 1.807) is 12.1 Å². The molecule has 8 heteroatoms. The Hall–Kier alpha value is -7.98. The molecule has 0 radical (unpaired) electrons. The SMILES string of the molecule is N#Cc1cc(-n2c3ccccc3c3cc(P(=O)(c4ccccc4)c4ccccc4)ccc32)c(-n2c3ccccc3c3cc(P(=O)(c4ccccc4)c4ccccc4)ccc32)cc1C#N. The van der Waals surface area contributed by atoms with Crippen molar-refractivity contribution in [3.8, 4) is 23.5 Å². The van der Waals surface area contributed by atoms with Crippen LogP contribution in [-0.2, 0) is 9.13 Å². The van der Waals surface area contributed by atoms with E-state index in [1.807, 2.05) is 170 Å². The molecule has 0 aliphatic heterocycles. The number of nitriles is 2. The molecule has 0 fully saturated rings. The van der Waals surface area contributed by atoms with Crippen LogP contribution in [0.2, 0.25) is 0 Å². The lowest BCUT2D eigenvalue weighted by Gasteiger charge is -2.21. The van der Waals surface area contributed by atoms with Crippen LogP contribution in [0.1, 0.15) is 11.1 Å². The summed E-state index contributed by atoms with van der Waals surface area (Å²) in [5, 5.41) is 29.2. The van der Waals surface area contributed by atoms with Crippen LogP contribution in [0.5, 0.6) is 0 Å². The summed E-state index contributed by atoms with van der Waals surface area (Å²) in [5.41, 5.74) is 5.34. The highest BCUT2D eigenvalue weighted by atomic mass is 31.2. The van der Waals surface area contributed by atoms with Gasteiger partial charge in [0.1, 0.15) is 12.1 Å². The van der Waals surface area contributed by atoms with Crippen molar-refractivity contribution in [2.24, 2.45) is 0 Å². The third kappa shape index (κ3) is 5.93. The summed E-state index contributed by atoms with van der Waals surface area (Å²) in [6, 6.07) is 75.2. The van der Waals surface area contributed by atoms with Crippen molar-refractivity contribution in [1.29, 1.82) is 10.5 Å². The summed E-state index contributed by atoms with van der Waals surface area (Å²) in [6.07, 6.45) is 0. The van der Waals surface area contributed by atoms with Gasteiger partial charge in [-0.15, -0.1) is 0 Å². The molecule has 2 heterocycles. The van der Waals surface area contributed by atoms with Crippen LogP contribution in [-0.4, -0.2) is 9.13 Å². The average molecular weight is 859 g/mol. The van der Waals surface area contributed by atoms with Crippen molar-refractivity contribution in [2.75, 3.05) is 0 Å². The maximum absolute atomic E-state index is 15.6. The van der Waals surface area contributed by atoms with Crippen molar-refractivity contribution in [1.82, 2.24) is 9.13 Å². The van der Waals surface area contributed by atoms with Gasteiger partial charge in [0, 0.05) is 53.4 Å². The highest BCUT2D eigenvalue weighted by molar-refractivity contribution is 7.85. The molecule has 0 aliphatic carbocycles. The van der Waals surface area contributed by atoms with Crippen molar-refractivity contribution >= 4 is 89.7 Å². The van der Waals surface area contributed by atoms with E-state index in [-0.39, 0.29) is 11.1 Å². The smallest absolute Gasteiger partial charge is 0.171 e. The first-order chi connectivity index (χ1) is 31.4. The van der Waals surface area contributed by atoms with Gasteiger partial charge in [-0.05, 0) is 60.7 Å². The fourth-order valence-corrected chi connectivity index (χ4v) is 14.7. The molecular weight excluding hydrogens is 823 g/mol. The number of aromatic nitrogens is 2. The van der Waals surface area contributed by atoms with E-state index in [0.29, 0.717) is 22.0 Å². The Kier molecular flexibility index (Phi) is 9.38. The fraction of sp³-hybridized carbons (Fsp3) is 0. The first kappa shape index (κ1) is 38.9. The molecule has 0 saturated heterocycles. The molecule has 0 saturated carbocycles. The van der Waals surface area contributed by atoms with Crippen molar-refractivity contribution in [3.05, 3.63) is 230 Å². The molecule has 6 nitrogen and oxygen atoms in total. The van der Waals surface area contributed by atoms with Gasteiger partial charge in [-0.3, -0.25) is 0 Å². The van der Waals surface area contributed by atoms with Gasteiger partial charge in [-0.25, -0.2) is 0 Å². The van der Waals surface area contributed by atoms with Gasteiger partial charge in [0.15, 0.2) is 14.3 Å². The molecule has 0 bridgehead atoms. The third-order valence-electron chi connectivity index (χ3n) is 12.4. The molecular formula is C56H36N4O2P2. The van der Waals surface area contributed by atoms with Gasteiger partial charge in [-0.2, -0.15) is 10.5 Å². The molecule has 11 aromatic rings. The Bertz CT molecular complexity index is 3470. The van der Waals surface area contributed by atoms with Crippen LogP contribution in [0, 0.1) is 22.7 Å². The van der Waals surface area contributed by atoms with E-state index in [4.69, 9.17) is 0 Å². The summed E-state index contributed by atoms with van der Waals surface area (Å²) in [5.74, 6) is 0. The summed E-state index contributed by atoms with van der Waals surface area (Å²) in [4.78, 5) is 0. The number of rotatable bonds is 8. The summed E-state index contributed by atoms with van der Waals surface area (Å²) in [7, 11) is -6.63. The van der Waals surface area contributed by atoms with Gasteiger partial charge >= 0.3 is 0 Å². The predicted octanol–water partition coefficient (Wildman–Crippen LogP) is 10.9. The van der Waals surface area contributed by atoms with Crippen molar-refractivity contribution in [2.45, 2.75) is 0 Å². The lowest BCUT2D eigenvalue weighted by atomic mass is 10.1. The lowest BCUT2D eigenvalue weighted by Crippen LogP contribution is -2.24. The maximum atomic E-state index is 15.6. The molecule has 0 aliphatic rings. The first-order valence-corrected chi connectivity index (χ1v) is 24.3. The molecule has 0 amide bonds. The molecule has 0 unspecified atom stereocenters. The van der Waals surface area contributed by atoms with Crippen LogP contribution in [0.4, 0.5) is 0 Å². The minimum Gasteiger partial charge on any atom is -0.309 e. The number of nitrogens with zero attached hydrogens (tertiary/aromatic N) is 4. The predicted molar refractivity (Wildman–Crippen MR) is 263 cm³/mol. The molecule has 64 heavy (non-hydrogen) atoms. The van der Waals surface area contributed by atoms with Crippen LogP contribution in [0.25, 0.3) is 55.0 Å². The zero-order valence-electron chi connectivity index (χ0n) is 34.3. The number of hydrogen-bond acceptors (Lipinski definition) is 4. The summed E-state index contributed by atoms with van der Waals surface area (Å²) < 4.78 is 35.6. The molecule has 0 spiro atoms. The lowest BCUT2D eigenvalue weighted by molar-refractivity contribution is 0.591. The second kappa shape index (κ2) is 15.4. The zero-order chi connectivity index (χ0) is 43.4. The zero-order valence-corrected chi connectivity index (χ0v) is 36.1. The fourth-order valence-electron chi connectivity index (χ4n) is 9.40. The van der Waals surface area contributed by atoms with E-state index in [1.165, 1.54) is 0 Å². The van der Waals surface area contributed by atoms with Gasteiger partial charge in [0.25, 0.3) is 0 Å². The number of fused-ring (bicyclic) bond motifs is 6. The number of para-hydroxylation sites is 2. The first-order valence-electron chi connectivity index (χ1n) is 20.9. The Morgan fingerprint density at radius 2 is 0.609 bits per heavy atom. The molecule has 0 atom stereocenters. The summed E-state index contributed by atoms with van der Waals surface area (Å²) in [6.45, 7) is 0. The average Bonchev–Trinajstić information content (AvgIpc) is 3.88. The maximum Gasteiger partial charge on any atom is 0.171 e. The Labute approximate surface area is 369 Å². The van der Waals surface area contributed by atoms with Crippen LogP contribution >= 0.6 is 14.3 Å². The van der Waals surface area contributed by atoms with Crippen LogP contribution in [0.3, 0.4) is 0 Å². The molecule has 302 valence electrons. The molecule has 2 aromatic heterocycles. The monoisotopic (exact) mass is 858 g/mol. The topological polar surface area (TPSA) is 91.6 Å². The highest BCUT2D eigenvalue weighted by Crippen LogP contribution is 2.46. The Morgan fingerprint density at radius 1 is 0.312 bits per heavy atom. The van der Waals surface area contributed by atoms with E-state index >= 15 is 9.13 Å². The third-order valence-corrected chi connectivity index (χ3v) is 18.5. The normalized spacial score (nSPS) is 11.8. The van der Waals surface area contributed by atoms with E-state index in [0.717, 1.165) is 64.8 Å². The number of benzene rings is 9. The largest absolute Gasteiger partial charge is 0.309 e. The highest BCUT2D eigenvalue weighted by Gasteiger charge is 2.32. The minimum atomic E-state index is -3.32. The van der Waals surface area contributed by atoms with Crippen LogP contribution < -0.4 is 31.8 Å². The second-order valence-electron chi connectivity index (χ2n) is 15.8. The van der Waals surface area contributed by atoms with E-state index < -0.39 is 14.3 Å². The quantitative estimate of drug-likeness (QED) is 0.142. The van der Waals surface area contributed by atoms with Crippen molar-refractivity contribution in [3.63, 3.8) is 0 Å². The molecule has 11 rings (SSSR count). The van der Waals surface area contributed by atoms with Crippen molar-refractivity contribution < 1.29 is 9.13 Å². The van der Waals surface area contributed by atoms with Gasteiger partial charge in [-0.1, -0.05) is 158 Å². The summed E-state index contributed by atoms with van der Waals surface area (Å²) >= 11 is 0. The van der Waals surface area contributed by atoms with Gasteiger partial charge in [0.2, 0.25) is 0 Å². The Balaban J connectivity index is 1.19. The second-order valence-corrected chi connectivity index (χ2v) is 21.3. The van der Waals surface area contributed by atoms with Gasteiger partial charge in [0.05, 0.1) is 44.6 Å². The minimum absolute atomic E-state index is 0.246. The molecule has 0 N–H and O–H groups in total.